The fourth-order valence-electron chi connectivity index (χ4n) is 2.67. The van der Waals surface area contributed by atoms with E-state index < -0.39 is 32.4 Å². The number of aliphatic hydroxyl groups is 1. The molecule has 124 valence electrons. The van der Waals surface area contributed by atoms with Crippen molar-refractivity contribution >= 4 is 40.7 Å². The Hall–Kier alpha value is -0.140. The summed E-state index contributed by atoms with van der Waals surface area (Å²) in [6, 6.07) is 0. The minimum absolute atomic E-state index is 0. The van der Waals surface area contributed by atoms with Gasteiger partial charge in [0, 0.05) is 0 Å². The molecule has 4 heterocycles. The molecule has 2 saturated heterocycles. The second-order valence-electron chi connectivity index (χ2n) is 5.05. The Kier molecular flexibility index (Phi) is 5.08. The van der Waals surface area contributed by atoms with E-state index in [1.165, 1.54) is 10.9 Å². The summed E-state index contributed by atoms with van der Waals surface area (Å²) in [5.41, 5.74) is 6.41. The Balaban J connectivity index is 0.00000169. The average Bonchev–Trinajstić information content (AvgIpc) is 2.97. The van der Waals surface area contributed by atoms with Crippen molar-refractivity contribution in [1.29, 1.82) is 0 Å². The predicted octanol–water partition coefficient (Wildman–Crippen LogP) is -3.68. The Morgan fingerprint density at radius 1 is 1.50 bits per heavy atom. The summed E-state index contributed by atoms with van der Waals surface area (Å²) in [6.07, 6.45) is -2.80. The van der Waals surface area contributed by atoms with E-state index in [2.05, 4.69) is 35.4 Å². The molecule has 2 aliphatic heterocycles. The van der Waals surface area contributed by atoms with Crippen molar-refractivity contribution in [2.24, 2.45) is 0 Å². The van der Waals surface area contributed by atoms with Crippen LogP contribution < -0.4 is 40.2 Å². The first-order chi connectivity index (χ1) is 10.9. The van der Waals surface area contributed by atoms with Crippen LogP contribution in [0.1, 0.15) is 6.23 Å². The van der Waals surface area contributed by atoms with Crippen LogP contribution in [0.3, 0.4) is 0 Å². The molecule has 0 spiro atoms. The van der Waals surface area contributed by atoms with Gasteiger partial charge in [0.1, 0.15) is 24.6 Å². The maximum atomic E-state index is 11.4. The molecule has 0 bridgehead atoms. The van der Waals surface area contributed by atoms with Gasteiger partial charge in [0.2, 0.25) is 0 Å². The molecule has 0 radical (unpaired) electrons. The predicted molar refractivity (Wildman–Crippen MR) is 75.8 cm³/mol. The average molecular weight is 430 g/mol. The summed E-state index contributed by atoms with van der Waals surface area (Å²) in [6.45, 7) is -0.236. The van der Waals surface area contributed by atoms with E-state index in [4.69, 9.17) is 15.0 Å². The van der Waals surface area contributed by atoms with Crippen LogP contribution in [0.15, 0.2) is 11.1 Å². The summed E-state index contributed by atoms with van der Waals surface area (Å²) in [5.74, 6) is 0.169. The normalized spacial score (nSPS) is 35.6. The number of phosphoric acid groups is 1. The van der Waals surface area contributed by atoms with Crippen molar-refractivity contribution in [1.82, 2.24) is 19.5 Å². The fraction of sp³-hybridized carbons (Fsp3) is 0.500. The van der Waals surface area contributed by atoms with Crippen molar-refractivity contribution in [3.63, 3.8) is 0 Å². The van der Waals surface area contributed by atoms with Gasteiger partial charge < -0.3 is 29.5 Å². The van der Waals surface area contributed by atoms with Crippen LogP contribution in [0.25, 0.3) is 11.2 Å². The van der Waals surface area contributed by atoms with Crippen LogP contribution in [0.2, 0.25) is 0 Å². The number of rotatable bonds is 1. The number of hydrogen-bond acceptors (Lipinski definition) is 10. The minimum Gasteiger partial charge on any atom is -0.756 e. The van der Waals surface area contributed by atoms with Gasteiger partial charge in [-0.05, 0) is 15.9 Å². The number of phosphoric ester groups is 1. The number of nitrogens with zero attached hydrogens (tertiary/aromatic N) is 4. The summed E-state index contributed by atoms with van der Waals surface area (Å²) < 4.78 is 28.2. The van der Waals surface area contributed by atoms with Crippen molar-refractivity contribution < 1.29 is 57.9 Å². The molecule has 2 fully saturated rings. The monoisotopic (exact) mass is 429 g/mol. The largest absolute Gasteiger partial charge is 1.00 e. The summed E-state index contributed by atoms with van der Waals surface area (Å²) in [4.78, 5) is 23.5. The molecule has 2 aliphatic rings. The van der Waals surface area contributed by atoms with Crippen LogP contribution >= 0.6 is 23.8 Å². The zero-order chi connectivity index (χ0) is 16.4. The summed E-state index contributed by atoms with van der Waals surface area (Å²) in [7, 11) is -4.44. The molecule has 14 heteroatoms. The third-order valence-electron chi connectivity index (χ3n) is 3.67. The van der Waals surface area contributed by atoms with Gasteiger partial charge in [0.25, 0.3) is 7.82 Å². The number of aromatic nitrogens is 4. The summed E-state index contributed by atoms with van der Waals surface area (Å²) >= 11 is 3.25. The van der Waals surface area contributed by atoms with Gasteiger partial charge >= 0.3 is 29.6 Å². The van der Waals surface area contributed by atoms with Gasteiger partial charge in [0.05, 0.1) is 6.61 Å². The van der Waals surface area contributed by atoms with Crippen LogP contribution in [0.4, 0.5) is 5.82 Å². The topological polar surface area (TPSA) is 158 Å². The zero-order valence-corrected chi connectivity index (χ0v) is 16.8. The molecule has 24 heavy (non-hydrogen) atoms. The molecule has 11 nitrogen and oxygen atoms in total. The Morgan fingerprint density at radius 3 is 3.00 bits per heavy atom. The molecule has 0 aromatic carbocycles. The summed E-state index contributed by atoms with van der Waals surface area (Å²) in [5, 5.41) is 10.4. The Labute approximate surface area is 165 Å². The van der Waals surface area contributed by atoms with Crippen LogP contribution in [0.5, 0.6) is 0 Å². The van der Waals surface area contributed by atoms with Crippen molar-refractivity contribution in [2.45, 2.75) is 24.5 Å². The number of nitrogen functional groups attached to an aromatic ring is 1. The van der Waals surface area contributed by atoms with Gasteiger partial charge in [-0.25, -0.2) is 15.0 Å². The van der Waals surface area contributed by atoms with Crippen molar-refractivity contribution in [3.05, 3.63) is 11.1 Å². The molecule has 1 unspecified atom stereocenters. The fourth-order valence-corrected chi connectivity index (χ4v) is 4.16. The Bertz CT molecular complexity index is 837. The van der Waals surface area contributed by atoms with E-state index in [0.717, 1.165) is 0 Å². The van der Waals surface area contributed by atoms with Crippen molar-refractivity contribution in [3.8, 4) is 0 Å². The number of hydrogen-bond donors (Lipinski definition) is 2. The van der Waals surface area contributed by atoms with E-state index in [9.17, 15) is 14.6 Å². The van der Waals surface area contributed by atoms with Crippen molar-refractivity contribution in [2.75, 3.05) is 12.3 Å². The first-order valence-electron chi connectivity index (χ1n) is 6.49. The molecule has 0 amide bonds. The van der Waals surface area contributed by atoms with Crippen LogP contribution in [-0.2, 0) is 18.3 Å². The first-order valence-corrected chi connectivity index (χ1v) is 8.74. The molecule has 3 N–H and O–H groups in total. The van der Waals surface area contributed by atoms with Gasteiger partial charge in [-0.15, -0.1) is 0 Å². The second-order valence-corrected chi connectivity index (χ2v) is 7.12. The van der Waals surface area contributed by atoms with Gasteiger partial charge in [-0.2, -0.15) is 0 Å². The van der Waals surface area contributed by atoms with Gasteiger partial charge in [-0.3, -0.25) is 9.13 Å². The SMILES string of the molecule is Nc1ncnc2c1nc(Br)n2[C@@H]1O[C@@H]2COP(=O)([O-])O[C@H]2[C@H]1O.[Na+]. The molecule has 4 rings (SSSR count). The molecule has 0 aliphatic carbocycles. The molecular weight excluding hydrogens is 420 g/mol. The standard InChI is InChI=1S/C10H11BrN5O6P.Na/c11-10-15-4-7(12)13-2-14-8(4)16(10)9-5(17)6-3(21-9)1-20-23(18,19)22-6;/h2-3,5-6,9,17H,1H2,(H,18,19)(H2,12,13,14);/q;+1/p-1/t3-,5-,6-,9-;/m1./s1. The molecule has 2 aromatic heterocycles. The van der Waals surface area contributed by atoms with Gasteiger partial charge in [-0.1, -0.05) is 0 Å². The quantitative estimate of drug-likeness (QED) is 0.262. The number of anilines is 1. The van der Waals surface area contributed by atoms with Gasteiger partial charge in [0.15, 0.2) is 27.9 Å². The minimum atomic E-state index is -4.44. The number of aliphatic hydroxyl groups excluding tert-OH is 1. The molecular formula is C10H10BrN5NaO6P. The van der Waals surface area contributed by atoms with Crippen LogP contribution in [-0.4, -0.2) is 49.5 Å². The Morgan fingerprint density at radius 2 is 2.25 bits per heavy atom. The van der Waals surface area contributed by atoms with E-state index in [1.54, 1.807) is 0 Å². The van der Waals surface area contributed by atoms with E-state index >= 15 is 0 Å². The van der Waals surface area contributed by atoms with E-state index in [0.29, 0.717) is 15.9 Å². The third kappa shape index (κ3) is 2.94. The smallest absolute Gasteiger partial charge is 0.756 e. The second kappa shape index (κ2) is 6.54. The number of fused-ring (bicyclic) bond motifs is 2. The van der Waals surface area contributed by atoms with E-state index in [1.807, 2.05) is 0 Å². The number of halogens is 1. The third-order valence-corrected chi connectivity index (χ3v) is 5.20. The molecule has 2 aromatic rings. The zero-order valence-electron chi connectivity index (χ0n) is 12.3. The van der Waals surface area contributed by atoms with Crippen LogP contribution in [0, 0.1) is 0 Å². The maximum absolute atomic E-state index is 11.4. The molecule has 5 atom stereocenters. The number of nitrogens with two attached hydrogens (primary N) is 1. The number of ether oxygens (including phenoxy) is 1. The first kappa shape index (κ1) is 18.6. The maximum Gasteiger partial charge on any atom is 1.00 e. The van der Waals surface area contributed by atoms with E-state index in [-0.39, 0.29) is 42.0 Å². The number of imidazole rings is 1. The molecule has 0 saturated carbocycles.